The predicted molar refractivity (Wildman–Crippen MR) is 152 cm³/mol. The molecule has 0 bridgehead atoms. The van der Waals surface area contributed by atoms with Crippen molar-refractivity contribution in [3.63, 3.8) is 0 Å². The molecule has 0 saturated heterocycles. The van der Waals surface area contributed by atoms with Crippen LogP contribution in [0.2, 0.25) is 0 Å². The summed E-state index contributed by atoms with van der Waals surface area (Å²) in [7, 11) is 0. The molecule has 34 heavy (non-hydrogen) atoms. The number of unbranched alkanes of at least 4 members (excludes halogenated alkanes) is 12. The summed E-state index contributed by atoms with van der Waals surface area (Å²) in [6, 6.07) is 11.4. The van der Waals surface area contributed by atoms with E-state index in [9.17, 15) is 0 Å². The Kier molecular flexibility index (Phi) is 21.4. The molecule has 3 heteroatoms. The fourth-order valence-corrected chi connectivity index (χ4v) is 4.83. The molecular formula is C31H57N3. The predicted octanol–water partition coefficient (Wildman–Crippen LogP) is 7.98. The number of nitrogens with two attached hydrogens (primary N) is 2. The third-order valence-corrected chi connectivity index (χ3v) is 6.94. The quantitative estimate of drug-likeness (QED) is 0.119. The highest BCUT2D eigenvalue weighted by atomic mass is 15.1. The molecule has 0 spiro atoms. The van der Waals surface area contributed by atoms with Crippen LogP contribution in [0.4, 0.5) is 0 Å². The number of rotatable bonds is 24. The van der Waals surface area contributed by atoms with Gasteiger partial charge in [0.2, 0.25) is 0 Å². The van der Waals surface area contributed by atoms with Gasteiger partial charge in [-0.2, -0.15) is 0 Å². The van der Waals surface area contributed by atoms with E-state index in [4.69, 9.17) is 11.5 Å². The van der Waals surface area contributed by atoms with Crippen LogP contribution in [0.25, 0.3) is 0 Å². The van der Waals surface area contributed by atoms with Crippen molar-refractivity contribution in [2.75, 3.05) is 19.6 Å². The number of benzene rings is 1. The van der Waals surface area contributed by atoms with Gasteiger partial charge in [-0.3, -0.25) is 4.90 Å². The molecule has 1 aromatic carbocycles. The lowest BCUT2D eigenvalue weighted by molar-refractivity contribution is 0.165. The van der Waals surface area contributed by atoms with Crippen molar-refractivity contribution in [1.82, 2.24) is 4.90 Å². The molecule has 0 heterocycles. The summed E-state index contributed by atoms with van der Waals surface area (Å²) in [5, 5.41) is 0. The fraction of sp³-hybridized carbons (Fsp3) is 0.742. The standard InChI is InChI=1S/C31H57N3/c1-2-3-4-5-6-7-8-9-10-11-12-13-14-15-16-20-28-34(29-30-22-18-17-19-23-30)31(25-27-33)24-21-26-32/h9-10,17-19,22-23,31H,2-8,11-16,20-21,24-29,32-33H2,1H3/b10-9-. The molecular weight excluding hydrogens is 414 g/mol. The van der Waals surface area contributed by atoms with Crippen LogP contribution in [0, 0.1) is 0 Å². The monoisotopic (exact) mass is 471 g/mol. The summed E-state index contributed by atoms with van der Waals surface area (Å²) >= 11 is 0. The molecule has 0 amide bonds. The molecule has 0 fully saturated rings. The maximum absolute atomic E-state index is 5.96. The van der Waals surface area contributed by atoms with Crippen LogP contribution in [0.3, 0.4) is 0 Å². The van der Waals surface area contributed by atoms with Crippen molar-refractivity contribution < 1.29 is 0 Å². The van der Waals surface area contributed by atoms with Gasteiger partial charge in [-0.1, -0.05) is 107 Å². The van der Waals surface area contributed by atoms with Gasteiger partial charge < -0.3 is 11.5 Å². The molecule has 1 aromatic rings. The highest BCUT2D eigenvalue weighted by Crippen LogP contribution is 2.17. The van der Waals surface area contributed by atoms with Crippen molar-refractivity contribution in [2.24, 2.45) is 11.5 Å². The lowest BCUT2D eigenvalue weighted by Gasteiger charge is -2.32. The molecule has 196 valence electrons. The number of hydrogen-bond acceptors (Lipinski definition) is 3. The van der Waals surface area contributed by atoms with Gasteiger partial charge in [0.25, 0.3) is 0 Å². The molecule has 0 aromatic heterocycles. The van der Waals surface area contributed by atoms with Crippen LogP contribution in [0.5, 0.6) is 0 Å². The summed E-state index contributed by atoms with van der Waals surface area (Å²) in [5.41, 5.74) is 13.2. The summed E-state index contributed by atoms with van der Waals surface area (Å²) in [6.07, 6.45) is 27.2. The Labute approximate surface area is 212 Å². The third kappa shape index (κ3) is 17.3. The summed E-state index contributed by atoms with van der Waals surface area (Å²) in [6.45, 7) is 6.02. The van der Waals surface area contributed by atoms with E-state index in [1.807, 2.05) is 0 Å². The second kappa shape index (κ2) is 23.6. The zero-order valence-corrected chi connectivity index (χ0v) is 22.6. The van der Waals surface area contributed by atoms with E-state index < -0.39 is 0 Å². The molecule has 1 rings (SSSR count). The lowest BCUT2D eigenvalue weighted by atomic mass is 10.0. The first kappa shape index (κ1) is 30.9. The summed E-state index contributed by atoms with van der Waals surface area (Å²) < 4.78 is 0. The second-order valence-corrected chi connectivity index (χ2v) is 10.1. The second-order valence-electron chi connectivity index (χ2n) is 10.1. The maximum atomic E-state index is 5.96. The molecule has 1 atom stereocenters. The summed E-state index contributed by atoms with van der Waals surface area (Å²) in [5.74, 6) is 0. The van der Waals surface area contributed by atoms with Gasteiger partial charge in [0.15, 0.2) is 0 Å². The van der Waals surface area contributed by atoms with Crippen LogP contribution in [-0.4, -0.2) is 30.6 Å². The minimum Gasteiger partial charge on any atom is -0.330 e. The molecule has 0 radical (unpaired) electrons. The lowest BCUT2D eigenvalue weighted by Crippen LogP contribution is -2.37. The molecule has 0 aliphatic carbocycles. The molecule has 0 aliphatic heterocycles. The van der Waals surface area contributed by atoms with Crippen LogP contribution in [0.15, 0.2) is 42.5 Å². The number of nitrogens with zero attached hydrogens (tertiary/aromatic N) is 1. The zero-order chi connectivity index (χ0) is 24.5. The third-order valence-electron chi connectivity index (χ3n) is 6.94. The van der Waals surface area contributed by atoms with Crippen LogP contribution >= 0.6 is 0 Å². The first-order chi connectivity index (χ1) is 16.8. The van der Waals surface area contributed by atoms with Gasteiger partial charge in [-0.25, -0.2) is 0 Å². The van der Waals surface area contributed by atoms with Crippen molar-refractivity contribution in [2.45, 2.75) is 129 Å². The fourth-order valence-electron chi connectivity index (χ4n) is 4.83. The van der Waals surface area contributed by atoms with Crippen LogP contribution in [0.1, 0.15) is 122 Å². The molecule has 1 unspecified atom stereocenters. The zero-order valence-electron chi connectivity index (χ0n) is 22.6. The van der Waals surface area contributed by atoms with Crippen molar-refractivity contribution >= 4 is 0 Å². The van der Waals surface area contributed by atoms with Gasteiger partial charge in [-0.05, 0) is 76.6 Å². The van der Waals surface area contributed by atoms with Crippen LogP contribution < -0.4 is 11.5 Å². The van der Waals surface area contributed by atoms with E-state index >= 15 is 0 Å². The highest BCUT2D eigenvalue weighted by Gasteiger charge is 2.17. The average molecular weight is 472 g/mol. The molecule has 4 N–H and O–H groups in total. The van der Waals surface area contributed by atoms with E-state index in [1.54, 1.807) is 0 Å². The van der Waals surface area contributed by atoms with Gasteiger partial charge in [-0.15, -0.1) is 0 Å². The van der Waals surface area contributed by atoms with Gasteiger partial charge in [0.05, 0.1) is 0 Å². The Morgan fingerprint density at radius 3 is 1.85 bits per heavy atom. The van der Waals surface area contributed by atoms with Crippen molar-refractivity contribution in [1.29, 1.82) is 0 Å². The van der Waals surface area contributed by atoms with Crippen molar-refractivity contribution in [3.05, 3.63) is 48.0 Å². The Bertz CT molecular complexity index is 557. The van der Waals surface area contributed by atoms with Crippen molar-refractivity contribution in [3.8, 4) is 0 Å². The summed E-state index contributed by atoms with van der Waals surface area (Å²) in [4.78, 5) is 2.67. The van der Waals surface area contributed by atoms with E-state index in [1.165, 1.54) is 102 Å². The molecule has 0 saturated carbocycles. The maximum Gasteiger partial charge on any atom is 0.0236 e. The topological polar surface area (TPSA) is 55.3 Å². The number of allylic oxidation sites excluding steroid dienone is 2. The first-order valence-electron chi connectivity index (χ1n) is 14.6. The van der Waals surface area contributed by atoms with E-state index in [0.717, 1.165) is 38.9 Å². The van der Waals surface area contributed by atoms with Gasteiger partial charge in [0, 0.05) is 12.6 Å². The Morgan fingerprint density at radius 1 is 0.676 bits per heavy atom. The Balaban J connectivity index is 2.17. The van der Waals surface area contributed by atoms with E-state index in [-0.39, 0.29) is 0 Å². The number of hydrogen-bond donors (Lipinski definition) is 2. The van der Waals surface area contributed by atoms with E-state index in [0.29, 0.717) is 6.04 Å². The van der Waals surface area contributed by atoms with Crippen LogP contribution in [-0.2, 0) is 6.54 Å². The average Bonchev–Trinajstić information content (AvgIpc) is 2.86. The largest absolute Gasteiger partial charge is 0.330 e. The Morgan fingerprint density at radius 2 is 1.26 bits per heavy atom. The normalized spacial score (nSPS) is 12.7. The Hall–Kier alpha value is -1.16. The van der Waals surface area contributed by atoms with Gasteiger partial charge in [0.1, 0.15) is 0 Å². The SMILES string of the molecule is CCCCCCCC/C=C\CCCCCCCCN(Cc1ccccc1)C(CCN)CCCN. The first-order valence-corrected chi connectivity index (χ1v) is 14.6. The minimum atomic E-state index is 0.553. The highest BCUT2D eigenvalue weighted by molar-refractivity contribution is 5.14. The molecule has 3 nitrogen and oxygen atoms in total. The minimum absolute atomic E-state index is 0.553. The smallest absolute Gasteiger partial charge is 0.0236 e. The molecule has 0 aliphatic rings. The van der Waals surface area contributed by atoms with E-state index in [2.05, 4.69) is 54.3 Å². The van der Waals surface area contributed by atoms with Gasteiger partial charge >= 0.3 is 0 Å².